The summed E-state index contributed by atoms with van der Waals surface area (Å²) >= 11 is 11.1. The number of benzene rings is 1. The maximum Gasteiger partial charge on any atom is 0.338 e. The van der Waals surface area contributed by atoms with Crippen LogP contribution in [-0.4, -0.2) is 37.2 Å². The number of carbonyl (C=O) groups excluding carboxylic acids is 2. The molecule has 1 amide bonds. The minimum absolute atomic E-state index is 0.0641. The van der Waals surface area contributed by atoms with Gasteiger partial charge in [0.15, 0.2) is 4.77 Å². The average Bonchev–Trinajstić information content (AvgIpc) is 2.68. The zero-order valence-corrected chi connectivity index (χ0v) is 20.9. The van der Waals surface area contributed by atoms with Crippen molar-refractivity contribution >= 4 is 35.7 Å². The van der Waals surface area contributed by atoms with Crippen molar-refractivity contribution < 1.29 is 18.7 Å². The molecule has 2 aromatic rings. The molecule has 2 rings (SSSR count). The maximum absolute atomic E-state index is 14.8. The summed E-state index contributed by atoms with van der Waals surface area (Å²) in [6.45, 7) is 8.51. The van der Waals surface area contributed by atoms with Gasteiger partial charge in [-0.3, -0.25) is 13.9 Å². The molecule has 0 bridgehead atoms. The van der Waals surface area contributed by atoms with Gasteiger partial charge in [0.1, 0.15) is 17.5 Å². The lowest BCUT2D eigenvalue weighted by atomic mass is 10.0. The molecule has 1 aromatic carbocycles. The van der Waals surface area contributed by atoms with Gasteiger partial charge in [0.2, 0.25) is 0 Å². The molecule has 0 saturated heterocycles. The second kappa shape index (κ2) is 9.60. The van der Waals surface area contributed by atoms with Crippen molar-refractivity contribution in [2.24, 2.45) is 20.0 Å². The first-order valence-corrected chi connectivity index (χ1v) is 10.8. The van der Waals surface area contributed by atoms with E-state index in [-0.39, 0.29) is 21.3 Å². The molecule has 0 unspecified atom stereocenters. The summed E-state index contributed by atoms with van der Waals surface area (Å²) in [4.78, 5) is 50.9. The second-order valence-corrected chi connectivity index (χ2v) is 9.59. The van der Waals surface area contributed by atoms with E-state index in [1.165, 1.54) is 14.1 Å². The predicted octanol–water partition coefficient (Wildman–Crippen LogP) is 2.49. The predicted molar refractivity (Wildman–Crippen MR) is 124 cm³/mol. The Balaban J connectivity index is 2.59. The van der Waals surface area contributed by atoms with E-state index in [1.54, 1.807) is 34.6 Å². The molecular weight excluding hydrogens is 475 g/mol. The van der Waals surface area contributed by atoms with Crippen molar-refractivity contribution in [3.05, 3.63) is 54.3 Å². The van der Waals surface area contributed by atoms with Gasteiger partial charge in [-0.1, -0.05) is 25.4 Å². The van der Waals surface area contributed by atoms with E-state index >= 15 is 0 Å². The van der Waals surface area contributed by atoms with Crippen LogP contribution in [0.25, 0.3) is 5.69 Å². The number of nitrogens with one attached hydrogen (secondary N) is 1. The highest BCUT2D eigenvalue weighted by Crippen LogP contribution is 2.23. The molecule has 180 valence electrons. The number of hydrogen-bond donors (Lipinski definition) is 1. The number of halogens is 2. The summed E-state index contributed by atoms with van der Waals surface area (Å²) in [6.07, 6.45) is 0. The molecule has 1 N–H and O–H groups in total. The highest BCUT2D eigenvalue weighted by Gasteiger charge is 2.30. The summed E-state index contributed by atoms with van der Waals surface area (Å²) in [7, 11) is 2.66. The molecule has 9 nitrogen and oxygen atoms in total. The van der Waals surface area contributed by atoms with Crippen molar-refractivity contribution in [1.82, 2.24) is 19.0 Å². The van der Waals surface area contributed by atoms with E-state index < -0.39 is 46.4 Å². The summed E-state index contributed by atoms with van der Waals surface area (Å²) in [5.41, 5.74) is -3.29. The Morgan fingerprint density at radius 3 is 2.09 bits per heavy atom. The Hall–Kier alpha value is -2.79. The summed E-state index contributed by atoms with van der Waals surface area (Å²) in [6, 6.07) is 0.775. The molecule has 33 heavy (non-hydrogen) atoms. The first-order valence-electron chi connectivity index (χ1n) is 9.99. The molecule has 12 heteroatoms. The fourth-order valence-electron chi connectivity index (χ4n) is 2.94. The van der Waals surface area contributed by atoms with Crippen molar-refractivity contribution in [2.45, 2.75) is 46.3 Å². The number of hydrogen-bond acceptors (Lipinski definition) is 6. The molecule has 0 aliphatic rings. The summed E-state index contributed by atoms with van der Waals surface area (Å²) < 4.78 is 22.6. The standard InChI is InChI=1S/C21H26ClFN4O5S/c1-10(2)15(17(29)32-21(3,4)5)24-16(28)11-8-14(13(23)9-12(11)22)27-18(30)25(6)20(33)26(7)19(27)31/h8-10,15H,1-7H3,(H,24,28)/t15-/m0/s1. The smallest absolute Gasteiger partial charge is 0.338 e. The molecule has 0 spiro atoms. The van der Waals surface area contributed by atoms with E-state index in [9.17, 15) is 23.6 Å². The van der Waals surface area contributed by atoms with Crippen LogP contribution < -0.4 is 16.7 Å². The molecule has 1 heterocycles. The van der Waals surface area contributed by atoms with Crippen LogP contribution in [0.2, 0.25) is 5.02 Å². The van der Waals surface area contributed by atoms with Gasteiger partial charge in [-0.25, -0.2) is 23.3 Å². The lowest BCUT2D eigenvalue weighted by Crippen LogP contribution is -2.47. The van der Waals surface area contributed by atoms with Crippen LogP contribution in [0.15, 0.2) is 21.7 Å². The highest BCUT2D eigenvalue weighted by molar-refractivity contribution is 7.71. The first-order chi connectivity index (χ1) is 15.1. The molecule has 0 aliphatic carbocycles. The largest absolute Gasteiger partial charge is 0.458 e. The number of aromatic nitrogens is 3. The van der Waals surface area contributed by atoms with Crippen LogP contribution in [0.1, 0.15) is 45.0 Å². The zero-order valence-electron chi connectivity index (χ0n) is 19.4. The monoisotopic (exact) mass is 500 g/mol. The zero-order chi connectivity index (χ0) is 25.4. The first kappa shape index (κ1) is 26.5. The van der Waals surface area contributed by atoms with Crippen molar-refractivity contribution in [1.29, 1.82) is 0 Å². The normalized spacial score (nSPS) is 12.5. The molecule has 1 aromatic heterocycles. The van der Waals surface area contributed by atoms with Gasteiger partial charge in [0, 0.05) is 14.1 Å². The fourth-order valence-corrected chi connectivity index (χ4v) is 3.33. The Morgan fingerprint density at radius 2 is 1.64 bits per heavy atom. The highest BCUT2D eigenvalue weighted by atomic mass is 35.5. The number of amides is 1. The van der Waals surface area contributed by atoms with E-state index in [0.717, 1.165) is 21.3 Å². The van der Waals surface area contributed by atoms with E-state index in [2.05, 4.69) is 5.32 Å². The van der Waals surface area contributed by atoms with Crippen LogP contribution >= 0.6 is 23.8 Å². The van der Waals surface area contributed by atoms with Gasteiger partial charge in [0.05, 0.1) is 16.3 Å². The van der Waals surface area contributed by atoms with Crippen molar-refractivity contribution in [3.63, 3.8) is 0 Å². The van der Waals surface area contributed by atoms with Crippen LogP contribution in [-0.2, 0) is 23.6 Å². The molecule has 0 saturated carbocycles. The molecule has 0 radical (unpaired) electrons. The van der Waals surface area contributed by atoms with Crippen LogP contribution in [0.4, 0.5) is 4.39 Å². The number of esters is 1. The number of rotatable bonds is 5. The van der Waals surface area contributed by atoms with Crippen LogP contribution in [0.5, 0.6) is 0 Å². The van der Waals surface area contributed by atoms with Crippen LogP contribution in [0, 0.1) is 16.5 Å². The molecule has 0 fully saturated rings. The summed E-state index contributed by atoms with van der Waals surface area (Å²) in [5, 5.41) is 2.27. The fraction of sp³-hybridized carbons (Fsp3) is 0.476. The Labute approximate surface area is 199 Å². The van der Waals surface area contributed by atoms with Gasteiger partial charge in [-0.15, -0.1) is 0 Å². The van der Waals surface area contributed by atoms with Crippen molar-refractivity contribution in [2.75, 3.05) is 0 Å². The van der Waals surface area contributed by atoms with Crippen molar-refractivity contribution in [3.8, 4) is 5.69 Å². The topological polar surface area (TPSA) is 104 Å². The molecular formula is C21H26ClFN4O5S. The average molecular weight is 501 g/mol. The minimum atomic E-state index is -1.02. The third-order valence-corrected chi connectivity index (χ3v) is 5.53. The Kier molecular flexibility index (Phi) is 7.70. The van der Waals surface area contributed by atoms with Crippen LogP contribution in [0.3, 0.4) is 0 Å². The van der Waals surface area contributed by atoms with Gasteiger partial charge >= 0.3 is 17.3 Å². The van der Waals surface area contributed by atoms with Gasteiger partial charge < -0.3 is 10.1 Å². The summed E-state index contributed by atoms with van der Waals surface area (Å²) in [5.74, 6) is -2.79. The SMILES string of the molecule is CC(C)[C@H](NC(=O)c1cc(-n2c(=O)n(C)c(=S)n(C)c2=O)c(F)cc1Cl)C(=O)OC(C)(C)C. The maximum atomic E-state index is 14.8. The molecule has 0 aliphatic heterocycles. The Morgan fingerprint density at radius 1 is 1.12 bits per heavy atom. The van der Waals surface area contributed by atoms with E-state index in [4.69, 9.17) is 28.6 Å². The number of ether oxygens (including phenoxy) is 1. The minimum Gasteiger partial charge on any atom is -0.458 e. The lowest BCUT2D eigenvalue weighted by Gasteiger charge is -2.26. The molecule has 1 atom stereocenters. The number of nitrogens with zero attached hydrogens (tertiary/aromatic N) is 3. The number of carbonyl (C=O) groups is 2. The third kappa shape index (κ3) is 5.59. The van der Waals surface area contributed by atoms with Gasteiger partial charge in [-0.2, -0.15) is 0 Å². The quantitative estimate of drug-likeness (QED) is 0.499. The third-order valence-electron chi connectivity index (χ3n) is 4.67. The lowest BCUT2D eigenvalue weighted by molar-refractivity contribution is -0.158. The Bertz CT molecular complexity index is 1250. The van der Waals surface area contributed by atoms with Gasteiger partial charge in [0.25, 0.3) is 5.91 Å². The van der Waals surface area contributed by atoms with E-state index in [0.29, 0.717) is 4.57 Å². The van der Waals surface area contributed by atoms with E-state index in [1.807, 2.05) is 0 Å². The second-order valence-electron chi connectivity index (χ2n) is 8.81. The van der Waals surface area contributed by atoms with Gasteiger partial charge in [-0.05, 0) is 51.0 Å².